The van der Waals surface area contributed by atoms with E-state index in [1.165, 1.54) is 0 Å². The molecule has 2 aromatic heterocycles. The molecule has 0 radical (unpaired) electrons. The number of hydrogen-bond donors (Lipinski definition) is 0. The second-order valence-corrected chi connectivity index (χ2v) is 4.94. The maximum atomic E-state index is 11.8. The zero-order valence-electron chi connectivity index (χ0n) is 11.6. The van der Waals surface area contributed by atoms with Gasteiger partial charge in [-0.1, -0.05) is 11.6 Å². The van der Waals surface area contributed by atoms with Crippen molar-refractivity contribution in [3.8, 4) is 0 Å². The summed E-state index contributed by atoms with van der Waals surface area (Å²) in [4.78, 5) is 22.5. The minimum Gasteiger partial charge on any atom is -0.461 e. The van der Waals surface area contributed by atoms with Gasteiger partial charge in [0, 0.05) is 25.4 Å². The molecule has 0 bridgehead atoms. The van der Waals surface area contributed by atoms with Gasteiger partial charge in [0.15, 0.2) is 5.69 Å². The normalized spacial score (nSPS) is 15.4. The molecular formula is C13H15ClN4O3. The van der Waals surface area contributed by atoms with Gasteiger partial charge in [0.25, 0.3) is 0 Å². The number of anilines is 1. The topological polar surface area (TPSA) is 69.0 Å². The molecule has 0 aliphatic carbocycles. The number of imidazole rings is 1. The third kappa shape index (κ3) is 2.79. The number of hydrogen-bond acceptors (Lipinski definition) is 6. The van der Waals surface area contributed by atoms with Crippen LogP contribution in [0.5, 0.6) is 0 Å². The van der Waals surface area contributed by atoms with Gasteiger partial charge < -0.3 is 14.4 Å². The third-order valence-corrected chi connectivity index (χ3v) is 3.38. The highest BCUT2D eigenvalue weighted by Gasteiger charge is 2.19. The molecule has 8 heteroatoms. The van der Waals surface area contributed by atoms with Gasteiger partial charge in [-0.05, 0) is 6.92 Å². The van der Waals surface area contributed by atoms with E-state index in [0.717, 1.165) is 13.1 Å². The third-order valence-electron chi connectivity index (χ3n) is 3.18. The van der Waals surface area contributed by atoms with E-state index in [4.69, 9.17) is 21.1 Å². The molecule has 0 atom stereocenters. The first kappa shape index (κ1) is 14.1. The molecule has 0 amide bonds. The van der Waals surface area contributed by atoms with Crippen LogP contribution in [0.3, 0.4) is 0 Å². The van der Waals surface area contributed by atoms with Crippen LogP contribution in [-0.4, -0.2) is 53.2 Å². The van der Waals surface area contributed by atoms with E-state index in [2.05, 4.69) is 14.9 Å². The molecule has 0 saturated carbocycles. The summed E-state index contributed by atoms with van der Waals surface area (Å²) in [6.07, 6.45) is 1.63. The number of fused-ring (bicyclic) bond motifs is 1. The lowest BCUT2D eigenvalue weighted by atomic mass is 10.4. The highest BCUT2D eigenvalue weighted by Crippen LogP contribution is 2.20. The molecule has 112 valence electrons. The van der Waals surface area contributed by atoms with Gasteiger partial charge in [-0.2, -0.15) is 0 Å². The fraction of sp³-hybridized carbons (Fsp3) is 0.462. The molecule has 0 N–H and O–H groups in total. The van der Waals surface area contributed by atoms with Crippen molar-refractivity contribution < 1.29 is 14.3 Å². The van der Waals surface area contributed by atoms with Crippen LogP contribution in [0.2, 0.25) is 5.15 Å². The monoisotopic (exact) mass is 310 g/mol. The van der Waals surface area contributed by atoms with E-state index in [9.17, 15) is 4.79 Å². The first-order chi connectivity index (χ1) is 10.2. The van der Waals surface area contributed by atoms with E-state index in [1.807, 2.05) is 0 Å². The Morgan fingerprint density at radius 2 is 2.19 bits per heavy atom. The summed E-state index contributed by atoms with van der Waals surface area (Å²) < 4.78 is 12.1. The molecule has 1 aliphatic rings. The number of rotatable bonds is 3. The van der Waals surface area contributed by atoms with E-state index in [-0.39, 0.29) is 5.69 Å². The Balaban J connectivity index is 2.04. The maximum absolute atomic E-state index is 11.8. The Hall–Kier alpha value is -1.86. The molecule has 1 saturated heterocycles. The number of halogens is 1. The first-order valence-corrected chi connectivity index (χ1v) is 7.12. The summed E-state index contributed by atoms with van der Waals surface area (Å²) in [5.74, 6) is 0.203. The Kier molecular flexibility index (Phi) is 3.94. The van der Waals surface area contributed by atoms with Gasteiger partial charge in [-0.25, -0.2) is 14.8 Å². The molecule has 0 spiro atoms. The van der Waals surface area contributed by atoms with Crippen molar-refractivity contribution in [1.29, 1.82) is 0 Å². The standard InChI is InChI=1S/C13H15ClN4O3/c1-2-21-12(19)9-8-18-11(15-9)7-10(14)16-13(18)17-3-5-20-6-4-17/h7-8H,2-6H2,1H3. The number of esters is 1. The number of carbonyl (C=O) groups is 1. The molecule has 1 aliphatic heterocycles. The molecular weight excluding hydrogens is 296 g/mol. The fourth-order valence-electron chi connectivity index (χ4n) is 2.23. The van der Waals surface area contributed by atoms with Gasteiger partial charge in [0.2, 0.25) is 5.95 Å². The molecule has 3 rings (SSSR count). The van der Waals surface area contributed by atoms with Crippen molar-refractivity contribution in [2.75, 3.05) is 37.8 Å². The van der Waals surface area contributed by atoms with Gasteiger partial charge in [0.1, 0.15) is 10.8 Å². The van der Waals surface area contributed by atoms with Gasteiger partial charge in [-0.3, -0.25) is 4.40 Å². The van der Waals surface area contributed by atoms with Crippen LogP contribution in [0.1, 0.15) is 17.4 Å². The molecule has 21 heavy (non-hydrogen) atoms. The van der Waals surface area contributed by atoms with Crippen molar-refractivity contribution in [1.82, 2.24) is 14.4 Å². The van der Waals surface area contributed by atoms with Crippen molar-refractivity contribution in [3.05, 3.63) is 23.1 Å². The van der Waals surface area contributed by atoms with Crippen LogP contribution in [0.25, 0.3) is 5.65 Å². The summed E-state index contributed by atoms with van der Waals surface area (Å²) in [5.41, 5.74) is 0.815. The average Bonchev–Trinajstić information content (AvgIpc) is 2.91. The second-order valence-electron chi connectivity index (χ2n) is 4.55. The Labute approximate surface area is 126 Å². The Morgan fingerprint density at radius 3 is 2.90 bits per heavy atom. The lowest BCUT2D eigenvalue weighted by Crippen LogP contribution is -2.37. The van der Waals surface area contributed by atoms with Crippen LogP contribution in [0.15, 0.2) is 12.3 Å². The number of morpholine rings is 1. The zero-order chi connectivity index (χ0) is 14.8. The predicted octanol–water partition coefficient (Wildman–Crippen LogP) is 1.40. The first-order valence-electron chi connectivity index (χ1n) is 6.74. The summed E-state index contributed by atoms with van der Waals surface area (Å²) in [6, 6.07) is 1.62. The van der Waals surface area contributed by atoms with E-state index < -0.39 is 5.97 Å². The lowest BCUT2D eigenvalue weighted by Gasteiger charge is -2.28. The molecule has 3 heterocycles. The second kappa shape index (κ2) is 5.87. The number of ether oxygens (including phenoxy) is 2. The van der Waals surface area contributed by atoms with Gasteiger partial charge in [-0.15, -0.1) is 0 Å². The van der Waals surface area contributed by atoms with E-state index in [1.54, 1.807) is 23.6 Å². The number of aromatic nitrogens is 3. The Bertz CT molecular complexity index is 667. The van der Waals surface area contributed by atoms with Crippen molar-refractivity contribution in [3.63, 3.8) is 0 Å². The van der Waals surface area contributed by atoms with Crippen LogP contribution in [0, 0.1) is 0 Å². The minimum atomic E-state index is -0.453. The maximum Gasteiger partial charge on any atom is 0.358 e. The van der Waals surface area contributed by atoms with Crippen molar-refractivity contribution in [2.45, 2.75) is 6.92 Å². The van der Waals surface area contributed by atoms with Crippen LogP contribution in [-0.2, 0) is 9.47 Å². The lowest BCUT2D eigenvalue weighted by molar-refractivity contribution is 0.0520. The van der Waals surface area contributed by atoms with Crippen LogP contribution in [0.4, 0.5) is 5.95 Å². The largest absolute Gasteiger partial charge is 0.461 e. The van der Waals surface area contributed by atoms with Crippen molar-refractivity contribution in [2.24, 2.45) is 0 Å². The summed E-state index contributed by atoms with van der Waals surface area (Å²) >= 11 is 6.05. The van der Waals surface area contributed by atoms with Crippen LogP contribution >= 0.6 is 11.6 Å². The highest BCUT2D eigenvalue weighted by molar-refractivity contribution is 6.29. The van der Waals surface area contributed by atoms with Gasteiger partial charge in [0.05, 0.1) is 19.8 Å². The summed E-state index contributed by atoms with van der Waals surface area (Å²) in [5, 5.41) is 0.338. The molecule has 1 fully saturated rings. The zero-order valence-corrected chi connectivity index (χ0v) is 12.3. The smallest absolute Gasteiger partial charge is 0.358 e. The molecule has 0 unspecified atom stereocenters. The average molecular weight is 311 g/mol. The molecule has 0 aromatic carbocycles. The fourth-order valence-corrected chi connectivity index (χ4v) is 2.41. The number of carbonyl (C=O) groups excluding carboxylic acids is 1. The minimum absolute atomic E-state index is 0.246. The van der Waals surface area contributed by atoms with E-state index >= 15 is 0 Å². The SMILES string of the molecule is CCOC(=O)c1cn2c(N3CCOCC3)nc(Cl)cc2n1. The summed E-state index contributed by atoms with van der Waals surface area (Å²) in [7, 11) is 0. The highest BCUT2D eigenvalue weighted by atomic mass is 35.5. The van der Waals surface area contributed by atoms with Crippen LogP contribution < -0.4 is 4.90 Å². The summed E-state index contributed by atoms with van der Waals surface area (Å²) in [6.45, 7) is 4.77. The molecule has 2 aromatic rings. The Morgan fingerprint density at radius 1 is 1.43 bits per heavy atom. The predicted molar refractivity (Wildman–Crippen MR) is 77.0 cm³/mol. The van der Waals surface area contributed by atoms with Crippen molar-refractivity contribution >= 4 is 29.2 Å². The number of nitrogens with zero attached hydrogens (tertiary/aromatic N) is 4. The van der Waals surface area contributed by atoms with Gasteiger partial charge >= 0.3 is 5.97 Å². The molecule has 7 nitrogen and oxygen atoms in total. The quantitative estimate of drug-likeness (QED) is 0.630. The van der Waals surface area contributed by atoms with E-state index in [0.29, 0.717) is 36.6 Å².